The average molecular weight is 322 g/mol. The molecule has 0 aliphatic heterocycles. The first kappa shape index (κ1) is 16.9. The highest BCUT2D eigenvalue weighted by Gasteiger charge is 2.30. The molecule has 0 aromatic heterocycles. The second kappa shape index (κ2) is 7.22. The van der Waals surface area contributed by atoms with Crippen molar-refractivity contribution < 1.29 is 22.6 Å². The smallest absolute Gasteiger partial charge is 0.416 e. The SMILES string of the molecule is COc1ccc(C/C=C/c2cccc(C(F)(F)F)c2)c(OC)c1. The van der Waals surface area contributed by atoms with E-state index in [2.05, 4.69) is 0 Å². The fourth-order valence-corrected chi connectivity index (χ4v) is 2.16. The number of ether oxygens (including phenoxy) is 2. The number of rotatable bonds is 5. The van der Waals surface area contributed by atoms with Crippen LogP contribution >= 0.6 is 0 Å². The van der Waals surface area contributed by atoms with E-state index in [0.717, 1.165) is 17.7 Å². The van der Waals surface area contributed by atoms with Gasteiger partial charge < -0.3 is 9.47 Å². The molecule has 0 saturated carbocycles. The van der Waals surface area contributed by atoms with Crippen LogP contribution in [0.2, 0.25) is 0 Å². The Balaban J connectivity index is 2.13. The third kappa shape index (κ3) is 4.52. The quantitative estimate of drug-likeness (QED) is 0.773. The van der Waals surface area contributed by atoms with E-state index in [9.17, 15) is 13.2 Å². The minimum Gasteiger partial charge on any atom is -0.497 e. The van der Waals surface area contributed by atoms with Gasteiger partial charge in [-0.3, -0.25) is 0 Å². The van der Waals surface area contributed by atoms with Crippen molar-refractivity contribution in [1.82, 2.24) is 0 Å². The average Bonchev–Trinajstić information content (AvgIpc) is 2.54. The molecule has 0 atom stereocenters. The molecular formula is C18H17F3O2. The molecule has 0 unspecified atom stereocenters. The predicted molar refractivity (Wildman–Crippen MR) is 83.7 cm³/mol. The van der Waals surface area contributed by atoms with Crippen molar-refractivity contribution in [1.29, 1.82) is 0 Å². The van der Waals surface area contributed by atoms with Crippen LogP contribution in [0.5, 0.6) is 11.5 Å². The summed E-state index contributed by atoms with van der Waals surface area (Å²) in [6.45, 7) is 0. The highest BCUT2D eigenvalue weighted by atomic mass is 19.4. The monoisotopic (exact) mass is 322 g/mol. The Hall–Kier alpha value is -2.43. The molecule has 0 amide bonds. The van der Waals surface area contributed by atoms with E-state index in [-0.39, 0.29) is 0 Å². The number of alkyl halides is 3. The Bertz CT molecular complexity index is 691. The van der Waals surface area contributed by atoms with Gasteiger partial charge in [0.15, 0.2) is 0 Å². The molecule has 2 aromatic carbocycles. The number of methoxy groups -OCH3 is 2. The Morgan fingerprint density at radius 2 is 1.78 bits per heavy atom. The highest BCUT2D eigenvalue weighted by molar-refractivity contribution is 5.52. The van der Waals surface area contributed by atoms with E-state index in [1.807, 2.05) is 12.1 Å². The van der Waals surface area contributed by atoms with Crippen molar-refractivity contribution in [3.8, 4) is 11.5 Å². The second-order valence-electron chi connectivity index (χ2n) is 4.91. The van der Waals surface area contributed by atoms with Crippen LogP contribution in [-0.4, -0.2) is 14.2 Å². The number of allylic oxidation sites excluding steroid dienone is 1. The van der Waals surface area contributed by atoms with Crippen LogP contribution in [-0.2, 0) is 12.6 Å². The first-order valence-electron chi connectivity index (χ1n) is 6.98. The van der Waals surface area contributed by atoms with Gasteiger partial charge in [-0.25, -0.2) is 0 Å². The summed E-state index contributed by atoms with van der Waals surface area (Å²) < 4.78 is 48.4. The summed E-state index contributed by atoms with van der Waals surface area (Å²) in [6, 6.07) is 10.7. The van der Waals surface area contributed by atoms with Crippen LogP contribution in [0, 0.1) is 0 Å². The number of hydrogen-bond donors (Lipinski definition) is 0. The van der Waals surface area contributed by atoms with E-state index in [1.54, 1.807) is 38.5 Å². The molecule has 0 saturated heterocycles. The molecule has 0 bridgehead atoms. The van der Waals surface area contributed by atoms with Gasteiger partial charge in [0, 0.05) is 6.07 Å². The maximum Gasteiger partial charge on any atom is 0.416 e. The number of hydrogen-bond acceptors (Lipinski definition) is 2. The lowest BCUT2D eigenvalue weighted by Crippen LogP contribution is -2.04. The van der Waals surface area contributed by atoms with Crippen molar-refractivity contribution in [2.75, 3.05) is 14.2 Å². The van der Waals surface area contributed by atoms with Crippen LogP contribution in [0.1, 0.15) is 16.7 Å². The summed E-state index contributed by atoms with van der Waals surface area (Å²) in [5.41, 5.74) is 0.783. The molecule has 23 heavy (non-hydrogen) atoms. The molecular weight excluding hydrogens is 305 g/mol. The van der Waals surface area contributed by atoms with Gasteiger partial charge in [-0.1, -0.05) is 30.4 Å². The predicted octanol–water partition coefficient (Wildman–Crippen LogP) is 4.98. The molecule has 0 aliphatic rings. The summed E-state index contributed by atoms with van der Waals surface area (Å²) in [5.74, 6) is 1.37. The van der Waals surface area contributed by atoms with Crippen LogP contribution in [0.4, 0.5) is 13.2 Å². The molecule has 0 N–H and O–H groups in total. The number of benzene rings is 2. The fraction of sp³-hybridized carbons (Fsp3) is 0.222. The lowest BCUT2D eigenvalue weighted by Gasteiger charge is -2.09. The second-order valence-corrected chi connectivity index (χ2v) is 4.91. The van der Waals surface area contributed by atoms with Gasteiger partial charge in [0.2, 0.25) is 0 Å². The molecule has 0 spiro atoms. The Labute approximate surface area is 133 Å². The molecule has 2 aromatic rings. The zero-order valence-corrected chi connectivity index (χ0v) is 12.9. The summed E-state index contributed by atoms with van der Waals surface area (Å²) in [5, 5.41) is 0. The van der Waals surface area contributed by atoms with Gasteiger partial charge in [0.25, 0.3) is 0 Å². The van der Waals surface area contributed by atoms with E-state index in [4.69, 9.17) is 9.47 Å². The third-order valence-corrected chi connectivity index (χ3v) is 3.36. The molecule has 0 heterocycles. The largest absolute Gasteiger partial charge is 0.497 e. The highest BCUT2D eigenvalue weighted by Crippen LogP contribution is 2.30. The maximum atomic E-state index is 12.7. The van der Waals surface area contributed by atoms with Crippen LogP contribution in [0.25, 0.3) is 6.08 Å². The molecule has 2 rings (SSSR count). The zero-order valence-electron chi connectivity index (χ0n) is 12.9. The maximum absolute atomic E-state index is 12.7. The molecule has 0 fully saturated rings. The Morgan fingerprint density at radius 1 is 1.00 bits per heavy atom. The minimum absolute atomic E-state index is 0.507. The van der Waals surface area contributed by atoms with E-state index in [1.165, 1.54) is 6.07 Å². The summed E-state index contributed by atoms with van der Waals surface area (Å²) in [4.78, 5) is 0. The first-order chi connectivity index (χ1) is 10.9. The fourth-order valence-electron chi connectivity index (χ4n) is 2.16. The molecule has 0 aliphatic carbocycles. The van der Waals surface area contributed by atoms with Crippen LogP contribution in [0.3, 0.4) is 0 Å². The van der Waals surface area contributed by atoms with E-state index < -0.39 is 11.7 Å². The topological polar surface area (TPSA) is 18.5 Å². The third-order valence-electron chi connectivity index (χ3n) is 3.36. The summed E-state index contributed by atoms with van der Waals surface area (Å²) in [6.07, 6.45) is -0.314. The number of halogens is 3. The van der Waals surface area contributed by atoms with Gasteiger partial charge >= 0.3 is 6.18 Å². The van der Waals surface area contributed by atoms with Crippen molar-refractivity contribution in [2.24, 2.45) is 0 Å². The Kier molecular flexibility index (Phi) is 5.32. The summed E-state index contributed by atoms with van der Waals surface area (Å²) >= 11 is 0. The minimum atomic E-state index is -4.33. The van der Waals surface area contributed by atoms with Gasteiger partial charge in [-0.2, -0.15) is 13.2 Å². The first-order valence-corrected chi connectivity index (χ1v) is 6.98. The standard InChI is InChI=1S/C18H17F3O2/c1-22-16-10-9-14(17(12-16)23-2)7-3-5-13-6-4-8-15(11-13)18(19,20)21/h3-6,8-12H,7H2,1-2H3/b5-3+. The normalized spacial score (nSPS) is 11.7. The van der Waals surface area contributed by atoms with Crippen molar-refractivity contribution >= 4 is 6.08 Å². The zero-order chi connectivity index (χ0) is 16.9. The molecule has 122 valence electrons. The van der Waals surface area contributed by atoms with E-state index >= 15 is 0 Å². The molecule has 0 radical (unpaired) electrons. The Morgan fingerprint density at radius 3 is 2.43 bits per heavy atom. The van der Waals surface area contributed by atoms with Crippen LogP contribution in [0.15, 0.2) is 48.5 Å². The van der Waals surface area contributed by atoms with Gasteiger partial charge in [-0.05, 0) is 35.7 Å². The van der Waals surface area contributed by atoms with Crippen molar-refractivity contribution in [2.45, 2.75) is 12.6 Å². The molecule has 5 heteroatoms. The van der Waals surface area contributed by atoms with Gasteiger partial charge in [0.1, 0.15) is 11.5 Å². The summed E-state index contributed by atoms with van der Waals surface area (Å²) in [7, 11) is 3.14. The van der Waals surface area contributed by atoms with Crippen molar-refractivity contribution in [3.63, 3.8) is 0 Å². The lowest BCUT2D eigenvalue weighted by atomic mass is 10.1. The van der Waals surface area contributed by atoms with Crippen LogP contribution < -0.4 is 9.47 Å². The molecule has 2 nitrogen and oxygen atoms in total. The van der Waals surface area contributed by atoms with Gasteiger partial charge in [0.05, 0.1) is 19.8 Å². The van der Waals surface area contributed by atoms with E-state index in [0.29, 0.717) is 23.5 Å². The van der Waals surface area contributed by atoms with Gasteiger partial charge in [-0.15, -0.1) is 0 Å². The van der Waals surface area contributed by atoms with Crippen molar-refractivity contribution in [3.05, 3.63) is 65.2 Å². The lowest BCUT2D eigenvalue weighted by molar-refractivity contribution is -0.137.